The minimum Gasteiger partial charge on any atom is -0.376 e. The molecule has 28 heavy (non-hydrogen) atoms. The highest BCUT2D eigenvalue weighted by Gasteiger charge is 2.28. The van der Waals surface area contributed by atoms with Crippen molar-refractivity contribution >= 4 is 17.4 Å². The molecule has 0 unspecified atom stereocenters. The Morgan fingerprint density at radius 1 is 1.18 bits per heavy atom. The normalized spacial score (nSPS) is 21.0. The molecule has 1 fully saturated rings. The second-order valence-electron chi connectivity index (χ2n) is 7.59. The molecule has 3 aromatic rings. The number of hydrogen-bond donors (Lipinski definition) is 2. The Morgan fingerprint density at radius 2 is 2.07 bits per heavy atom. The summed E-state index contributed by atoms with van der Waals surface area (Å²) in [5, 5.41) is 15.4. The SMILES string of the molecule is CC(C)[C@H]1OCCC[C@H]1Nc1ccnc(N[C@@H](C)c2nnc3ccccn23)n1. The van der Waals surface area contributed by atoms with Crippen molar-refractivity contribution in [1.82, 2.24) is 24.6 Å². The van der Waals surface area contributed by atoms with Crippen LogP contribution in [0, 0.1) is 5.92 Å². The predicted octanol–water partition coefficient (Wildman–Crippen LogP) is 3.31. The summed E-state index contributed by atoms with van der Waals surface area (Å²) in [5.74, 6) is 2.64. The fourth-order valence-corrected chi connectivity index (χ4v) is 3.73. The first kappa shape index (κ1) is 18.6. The molecular formula is C20H27N7O. The van der Waals surface area contributed by atoms with Gasteiger partial charge in [0.05, 0.1) is 18.2 Å². The molecule has 148 valence electrons. The number of pyridine rings is 1. The predicted molar refractivity (Wildman–Crippen MR) is 108 cm³/mol. The fourth-order valence-electron chi connectivity index (χ4n) is 3.73. The van der Waals surface area contributed by atoms with Crippen LogP contribution in [0.15, 0.2) is 36.7 Å². The van der Waals surface area contributed by atoms with Gasteiger partial charge in [-0.15, -0.1) is 10.2 Å². The Bertz CT molecular complexity index is 926. The van der Waals surface area contributed by atoms with Gasteiger partial charge in [-0.1, -0.05) is 19.9 Å². The minimum atomic E-state index is -0.0888. The summed E-state index contributed by atoms with van der Waals surface area (Å²) in [6.45, 7) is 7.25. The van der Waals surface area contributed by atoms with Gasteiger partial charge in [0, 0.05) is 19.0 Å². The number of nitrogens with one attached hydrogen (secondary N) is 2. The van der Waals surface area contributed by atoms with Crippen LogP contribution in [0.1, 0.15) is 45.5 Å². The van der Waals surface area contributed by atoms with Gasteiger partial charge < -0.3 is 15.4 Å². The molecule has 1 saturated heterocycles. The van der Waals surface area contributed by atoms with E-state index in [2.05, 4.69) is 44.6 Å². The van der Waals surface area contributed by atoms with Gasteiger partial charge in [-0.2, -0.15) is 4.98 Å². The number of nitrogens with zero attached hydrogens (tertiary/aromatic N) is 5. The van der Waals surface area contributed by atoms with Crippen molar-refractivity contribution in [2.75, 3.05) is 17.2 Å². The highest BCUT2D eigenvalue weighted by molar-refractivity contribution is 5.42. The standard InChI is InChI=1S/C20H27N7O/c1-13(2)18-15(7-6-12-28-18)23-16-9-10-21-20(24-16)22-14(3)19-26-25-17-8-4-5-11-27(17)19/h4-5,8-11,13-15,18H,6-7,12H2,1-3H3,(H2,21,22,23,24)/t14-,15+,18+/m0/s1. The van der Waals surface area contributed by atoms with E-state index in [9.17, 15) is 0 Å². The lowest BCUT2D eigenvalue weighted by Crippen LogP contribution is -2.43. The Morgan fingerprint density at radius 3 is 2.93 bits per heavy atom. The average Bonchev–Trinajstić information content (AvgIpc) is 3.13. The molecule has 2 N–H and O–H groups in total. The van der Waals surface area contributed by atoms with Crippen molar-refractivity contribution in [3.05, 3.63) is 42.5 Å². The van der Waals surface area contributed by atoms with Crippen LogP contribution >= 0.6 is 0 Å². The second-order valence-corrected chi connectivity index (χ2v) is 7.59. The third-order valence-corrected chi connectivity index (χ3v) is 5.09. The van der Waals surface area contributed by atoms with Crippen molar-refractivity contribution in [2.24, 2.45) is 5.92 Å². The molecule has 4 rings (SSSR count). The van der Waals surface area contributed by atoms with E-state index in [0.717, 1.165) is 36.7 Å². The zero-order valence-corrected chi connectivity index (χ0v) is 16.5. The van der Waals surface area contributed by atoms with Crippen molar-refractivity contribution < 1.29 is 4.74 Å². The summed E-state index contributed by atoms with van der Waals surface area (Å²) in [7, 11) is 0. The molecule has 0 amide bonds. The van der Waals surface area contributed by atoms with E-state index in [4.69, 9.17) is 4.74 Å². The lowest BCUT2D eigenvalue weighted by atomic mass is 9.94. The Hall–Kier alpha value is -2.74. The molecule has 3 aromatic heterocycles. The first-order valence-corrected chi connectivity index (χ1v) is 9.89. The van der Waals surface area contributed by atoms with Crippen molar-refractivity contribution in [1.29, 1.82) is 0 Å². The van der Waals surface area contributed by atoms with E-state index in [1.807, 2.05) is 41.8 Å². The fraction of sp³-hybridized carbons (Fsp3) is 0.500. The topological polar surface area (TPSA) is 89.3 Å². The van der Waals surface area contributed by atoms with Crippen molar-refractivity contribution in [3.8, 4) is 0 Å². The van der Waals surface area contributed by atoms with Crippen LogP contribution < -0.4 is 10.6 Å². The van der Waals surface area contributed by atoms with Gasteiger partial charge in [-0.3, -0.25) is 4.40 Å². The van der Waals surface area contributed by atoms with Crippen LogP contribution in [0.3, 0.4) is 0 Å². The first-order chi connectivity index (χ1) is 13.6. The number of rotatable bonds is 6. The molecule has 8 nitrogen and oxygen atoms in total. The molecule has 4 heterocycles. The summed E-state index contributed by atoms with van der Waals surface area (Å²) in [5.41, 5.74) is 0.819. The number of anilines is 2. The second kappa shape index (κ2) is 8.10. The zero-order chi connectivity index (χ0) is 19.5. The van der Waals surface area contributed by atoms with Crippen LogP contribution in [0.2, 0.25) is 0 Å². The summed E-state index contributed by atoms with van der Waals surface area (Å²) >= 11 is 0. The molecule has 3 atom stereocenters. The molecular weight excluding hydrogens is 354 g/mol. The summed E-state index contributed by atoms with van der Waals surface area (Å²) in [6, 6.07) is 7.91. The van der Waals surface area contributed by atoms with E-state index in [0.29, 0.717) is 11.9 Å². The van der Waals surface area contributed by atoms with Gasteiger partial charge >= 0.3 is 0 Å². The molecule has 1 aliphatic heterocycles. The maximum atomic E-state index is 5.97. The highest BCUT2D eigenvalue weighted by Crippen LogP contribution is 2.24. The van der Waals surface area contributed by atoms with Crippen molar-refractivity contribution in [3.63, 3.8) is 0 Å². The molecule has 0 saturated carbocycles. The monoisotopic (exact) mass is 381 g/mol. The summed E-state index contributed by atoms with van der Waals surface area (Å²) in [4.78, 5) is 9.01. The van der Waals surface area contributed by atoms with Gasteiger partial charge in [-0.25, -0.2) is 4.98 Å². The third kappa shape index (κ3) is 3.91. The average molecular weight is 381 g/mol. The van der Waals surface area contributed by atoms with Gasteiger partial charge in [-0.05, 0) is 43.9 Å². The largest absolute Gasteiger partial charge is 0.376 e. The van der Waals surface area contributed by atoms with Crippen LogP contribution in [-0.2, 0) is 4.74 Å². The van der Waals surface area contributed by atoms with E-state index in [1.165, 1.54) is 0 Å². The van der Waals surface area contributed by atoms with Crippen LogP contribution in [0.25, 0.3) is 5.65 Å². The lowest BCUT2D eigenvalue weighted by Gasteiger charge is -2.35. The Labute approximate surface area is 164 Å². The zero-order valence-electron chi connectivity index (χ0n) is 16.5. The molecule has 1 aliphatic rings. The quantitative estimate of drug-likeness (QED) is 0.677. The van der Waals surface area contributed by atoms with Crippen LogP contribution in [-0.4, -0.2) is 43.3 Å². The molecule has 8 heteroatoms. The van der Waals surface area contributed by atoms with Gasteiger partial charge in [0.15, 0.2) is 11.5 Å². The number of fused-ring (bicyclic) bond motifs is 1. The van der Waals surface area contributed by atoms with E-state index < -0.39 is 0 Å². The van der Waals surface area contributed by atoms with E-state index >= 15 is 0 Å². The molecule has 0 radical (unpaired) electrons. The molecule has 0 aliphatic carbocycles. The number of ether oxygens (including phenoxy) is 1. The maximum absolute atomic E-state index is 5.97. The van der Waals surface area contributed by atoms with Gasteiger partial charge in [0.2, 0.25) is 5.95 Å². The third-order valence-electron chi connectivity index (χ3n) is 5.09. The van der Waals surface area contributed by atoms with E-state index in [1.54, 1.807) is 6.20 Å². The Kier molecular flexibility index (Phi) is 5.38. The van der Waals surface area contributed by atoms with E-state index in [-0.39, 0.29) is 18.2 Å². The van der Waals surface area contributed by atoms with Crippen molar-refractivity contribution in [2.45, 2.75) is 51.8 Å². The molecule has 0 spiro atoms. The molecule has 0 bridgehead atoms. The number of aromatic nitrogens is 5. The van der Waals surface area contributed by atoms with Gasteiger partial charge in [0.25, 0.3) is 0 Å². The Balaban J connectivity index is 1.47. The van der Waals surface area contributed by atoms with Gasteiger partial charge in [0.1, 0.15) is 5.82 Å². The molecule has 0 aromatic carbocycles. The van der Waals surface area contributed by atoms with Crippen LogP contribution in [0.5, 0.6) is 0 Å². The number of hydrogen-bond acceptors (Lipinski definition) is 7. The summed E-state index contributed by atoms with van der Waals surface area (Å²) in [6.07, 6.45) is 6.06. The lowest BCUT2D eigenvalue weighted by molar-refractivity contribution is -0.0203. The highest BCUT2D eigenvalue weighted by atomic mass is 16.5. The summed E-state index contributed by atoms with van der Waals surface area (Å²) < 4.78 is 7.93. The smallest absolute Gasteiger partial charge is 0.225 e. The minimum absolute atomic E-state index is 0.0888. The maximum Gasteiger partial charge on any atom is 0.225 e. The first-order valence-electron chi connectivity index (χ1n) is 9.89. The van der Waals surface area contributed by atoms with Crippen LogP contribution in [0.4, 0.5) is 11.8 Å².